The molecular weight excluding hydrogens is 278 g/mol. The Labute approximate surface area is 130 Å². The summed E-state index contributed by atoms with van der Waals surface area (Å²) >= 11 is 1.90. The monoisotopic (exact) mass is 299 g/mol. The van der Waals surface area contributed by atoms with Crippen molar-refractivity contribution in [2.75, 3.05) is 11.4 Å². The van der Waals surface area contributed by atoms with Crippen LogP contribution in [-0.2, 0) is 13.0 Å². The molecule has 0 spiro atoms. The molecule has 0 radical (unpaired) electrons. The number of nitrogens with zero attached hydrogens (tertiary/aromatic N) is 2. The first kappa shape index (κ1) is 13.3. The largest absolute Gasteiger partial charge is 0.364 e. The van der Waals surface area contributed by atoms with Crippen LogP contribution in [0.25, 0.3) is 0 Å². The molecule has 1 unspecified atom stereocenters. The van der Waals surface area contributed by atoms with E-state index in [2.05, 4.69) is 45.7 Å². The normalized spacial score (nSPS) is 21.4. The van der Waals surface area contributed by atoms with Crippen LogP contribution >= 0.6 is 11.3 Å². The van der Waals surface area contributed by atoms with Crippen molar-refractivity contribution in [2.45, 2.75) is 44.8 Å². The van der Waals surface area contributed by atoms with Crippen molar-refractivity contribution in [3.63, 3.8) is 0 Å². The molecule has 0 amide bonds. The first-order valence-electron chi connectivity index (χ1n) is 7.82. The molecule has 1 fully saturated rings. The van der Waals surface area contributed by atoms with E-state index in [1.807, 2.05) is 17.5 Å². The number of thiophene rings is 1. The van der Waals surface area contributed by atoms with Gasteiger partial charge in [-0.2, -0.15) is 0 Å². The number of pyridine rings is 1. The standard InChI is InChI=1S/C17H21N3S/c1-12-16-6-9-21-17(16)5-8-20(12)15-4-7-18-14(10-15)11-19-13-2-3-13/h4,6-7,9-10,12-13,19H,2-3,5,8,11H2,1H3. The van der Waals surface area contributed by atoms with Gasteiger partial charge in [-0.05, 0) is 55.3 Å². The fourth-order valence-electron chi connectivity index (χ4n) is 3.14. The van der Waals surface area contributed by atoms with Crippen LogP contribution in [0.2, 0.25) is 0 Å². The Morgan fingerprint density at radius 1 is 1.38 bits per heavy atom. The second kappa shape index (κ2) is 5.43. The third kappa shape index (κ3) is 2.70. The van der Waals surface area contributed by atoms with Crippen LogP contribution in [-0.4, -0.2) is 17.6 Å². The van der Waals surface area contributed by atoms with Gasteiger partial charge in [-0.15, -0.1) is 11.3 Å². The molecule has 1 atom stereocenters. The summed E-state index contributed by atoms with van der Waals surface area (Å²) in [5.74, 6) is 0. The first-order valence-corrected chi connectivity index (χ1v) is 8.70. The van der Waals surface area contributed by atoms with E-state index in [-0.39, 0.29) is 0 Å². The highest BCUT2D eigenvalue weighted by molar-refractivity contribution is 7.10. The third-order valence-corrected chi connectivity index (χ3v) is 5.55. The molecule has 0 saturated heterocycles. The predicted molar refractivity (Wildman–Crippen MR) is 87.9 cm³/mol. The van der Waals surface area contributed by atoms with Gasteiger partial charge in [-0.25, -0.2) is 0 Å². The van der Waals surface area contributed by atoms with Crippen molar-refractivity contribution in [3.05, 3.63) is 45.9 Å². The maximum absolute atomic E-state index is 4.51. The van der Waals surface area contributed by atoms with Crippen LogP contribution in [0.3, 0.4) is 0 Å². The number of aromatic nitrogens is 1. The molecular formula is C17H21N3S. The molecule has 2 aromatic rings. The predicted octanol–water partition coefficient (Wildman–Crippen LogP) is 3.52. The lowest BCUT2D eigenvalue weighted by Gasteiger charge is -2.35. The minimum Gasteiger partial charge on any atom is -0.364 e. The summed E-state index contributed by atoms with van der Waals surface area (Å²) in [4.78, 5) is 8.58. The average molecular weight is 299 g/mol. The van der Waals surface area contributed by atoms with Gasteiger partial charge in [-0.1, -0.05) is 0 Å². The van der Waals surface area contributed by atoms with Gasteiger partial charge in [0.25, 0.3) is 0 Å². The van der Waals surface area contributed by atoms with Gasteiger partial charge >= 0.3 is 0 Å². The molecule has 4 heteroatoms. The molecule has 2 aromatic heterocycles. The summed E-state index contributed by atoms with van der Waals surface area (Å²) in [6, 6.07) is 7.88. The Morgan fingerprint density at radius 3 is 3.14 bits per heavy atom. The molecule has 1 saturated carbocycles. The minimum atomic E-state index is 0.464. The van der Waals surface area contributed by atoms with E-state index >= 15 is 0 Å². The van der Waals surface area contributed by atoms with Gasteiger partial charge in [-0.3, -0.25) is 4.98 Å². The highest BCUT2D eigenvalue weighted by Gasteiger charge is 2.25. The Kier molecular flexibility index (Phi) is 3.43. The molecule has 3 nitrogen and oxygen atoms in total. The van der Waals surface area contributed by atoms with E-state index in [1.165, 1.54) is 24.1 Å². The topological polar surface area (TPSA) is 28.2 Å². The third-order valence-electron chi connectivity index (χ3n) is 4.56. The maximum atomic E-state index is 4.51. The summed E-state index contributed by atoms with van der Waals surface area (Å²) < 4.78 is 0. The fourth-order valence-corrected chi connectivity index (χ4v) is 4.10. The molecule has 3 heterocycles. The molecule has 4 rings (SSSR count). The SMILES string of the molecule is CC1c2ccsc2CCN1c1ccnc(CNC2CC2)c1. The average Bonchev–Trinajstić information content (AvgIpc) is 3.21. The quantitative estimate of drug-likeness (QED) is 0.936. The van der Waals surface area contributed by atoms with Crippen molar-refractivity contribution < 1.29 is 0 Å². The van der Waals surface area contributed by atoms with Crippen molar-refractivity contribution in [1.29, 1.82) is 0 Å². The molecule has 21 heavy (non-hydrogen) atoms. The zero-order valence-electron chi connectivity index (χ0n) is 12.4. The number of nitrogens with one attached hydrogen (secondary N) is 1. The summed E-state index contributed by atoms with van der Waals surface area (Å²) in [6.45, 7) is 4.31. The second-order valence-corrected chi connectivity index (χ2v) is 7.08. The summed E-state index contributed by atoms with van der Waals surface area (Å²) in [7, 11) is 0. The Bertz CT molecular complexity index is 632. The zero-order valence-corrected chi connectivity index (χ0v) is 13.2. The molecule has 0 aromatic carbocycles. The van der Waals surface area contributed by atoms with E-state index in [9.17, 15) is 0 Å². The van der Waals surface area contributed by atoms with Crippen molar-refractivity contribution in [2.24, 2.45) is 0 Å². The van der Waals surface area contributed by atoms with Gasteiger partial charge < -0.3 is 10.2 Å². The lowest BCUT2D eigenvalue weighted by molar-refractivity contribution is 0.629. The molecule has 110 valence electrons. The van der Waals surface area contributed by atoms with E-state index in [4.69, 9.17) is 0 Å². The molecule has 2 aliphatic rings. The zero-order chi connectivity index (χ0) is 14.2. The lowest BCUT2D eigenvalue weighted by Crippen LogP contribution is -2.33. The number of anilines is 1. The minimum absolute atomic E-state index is 0.464. The number of hydrogen-bond donors (Lipinski definition) is 1. The second-order valence-electron chi connectivity index (χ2n) is 6.08. The fraction of sp³-hybridized carbons (Fsp3) is 0.471. The maximum Gasteiger partial charge on any atom is 0.0562 e. The summed E-state index contributed by atoms with van der Waals surface area (Å²) in [6.07, 6.45) is 5.76. The summed E-state index contributed by atoms with van der Waals surface area (Å²) in [5, 5.41) is 5.77. The van der Waals surface area contributed by atoms with E-state index < -0.39 is 0 Å². The summed E-state index contributed by atoms with van der Waals surface area (Å²) in [5.41, 5.74) is 3.96. The highest BCUT2D eigenvalue weighted by Crippen LogP contribution is 2.35. The number of fused-ring (bicyclic) bond motifs is 1. The van der Waals surface area contributed by atoms with Crippen LogP contribution < -0.4 is 10.2 Å². The lowest BCUT2D eigenvalue weighted by atomic mass is 10.0. The van der Waals surface area contributed by atoms with E-state index in [0.29, 0.717) is 6.04 Å². The molecule has 1 N–H and O–H groups in total. The Hall–Kier alpha value is -1.39. The molecule has 0 bridgehead atoms. The van der Waals surface area contributed by atoms with Crippen molar-refractivity contribution in [1.82, 2.24) is 10.3 Å². The van der Waals surface area contributed by atoms with Gasteiger partial charge in [0.1, 0.15) is 0 Å². The Balaban J connectivity index is 1.54. The molecule has 1 aliphatic heterocycles. The van der Waals surface area contributed by atoms with Crippen LogP contribution in [0.1, 0.15) is 41.9 Å². The Morgan fingerprint density at radius 2 is 2.29 bits per heavy atom. The van der Waals surface area contributed by atoms with Crippen LogP contribution in [0.5, 0.6) is 0 Å². The van der Waals surface area contributed by atoms with Gasteiger partial charge in [0.05, 0.1) is 11.7 Å². The highest BCUT2D eigenvalue weighted by atomic mass is 32.1. The number of hydrogen-bond acceptors (Lipinski definition) is 4. The van der Waals surface area contributed by atoms with Crippen LogP contribution in [0.15, 0.2) is 29.8 Å². The number of rotatable bonds is 4. The van der Waals surface area contributed by atoms with Gasteiger partial charge in [0, 0.05) is 35.9 Å². The van der Waals surface area contributed by atoms with E-state index in [0.717, 1.165) is 31.2 Å². The van der Waals surface area contributed by atoms with Gasteiger partial charge in [0.2, 0.25) is 0 Å². The van der Waals surface area contributed by atoms with Gasteiger partial charge in [0.15, 0.2) is 0 Å². The smallest absolute Gasteiger partial charge is 0.0562 e. The van der Waals surface area contributed by atoms with Crippen LogP contribution in [0.4, 0.5) is 5.69 Å². The van der Waals surface area contributed by atoms with E-state index in [1.54, 1.807) is 4.88 Å². The molecule has 1 aliphatic carbocycles. The van der Waals surface area contributed by atoms with Crippen LogP contribution in [0, 0.1) is 0 Å². The van der Waals surface area contributed by atoms with Crippen molar-refractivity contribution in [3.8, 4) is 0 Å². The first-order chi connectivity index (χ1) is 10.3. The van der Waals surface area contributed by atoms with Crippen molar-refractivity contribution >= 4 is 17.0 Å².